The smallest absolute Gasteiger partial charge is 0.238 e. The molecule has 0 saturated carbocycles. The zero-order chi connectivity index (χ0) is 12.8. The number of fused-ring (bicyclic) bond motifs is 3. The van der Waals surface area contributed by atoms with E-state index in [1.165, 1.54) is 11.1 Å². The summed E-state index contributed by atoms with van der Waals surface area (Å²) in [7, 11) is -3.68. The second kappa shape index (κ2) is 4.05. The summed E-state index contributed by atoms with van der Waals surface area (Å²) in [6.07, 6.45) is 0.977. The highest BCUT2D eigenvalue weighted by molar-refractivity contribution is 7.89. The average molecular weight is 262 g/mol. The first-order valence-electron chi connectivity index (χ1n) is 5.84. The van der Waals surface area contributed by atoms with E-state index in [1.54, 1.807) is 12.1 Å². The predicted molar refractivity (Wildman–Crippen MR) is 70.7 cm³/mol. The maximum absolute atomic E-state index is 11.6. The lowest BCUT2D eigenvalue weighted by Gasteiger charge is -2.19. The quantitative estimate of drug-likeness (QED) is 0.809. The van der Waals surface area contributed by atoms with Crippen LogP contribution in [-0.2, 0) is 23.0 Å². The number of hydrogen-bond acceptors (Lipinski definition) is 3. The Morgan fingerprint density at radius 2 is 1.94 bits per heavy atom. The molecule has 0 radical (unpaired) electrons. The van der Waals surface area contributed by atoms with Crippen molar-refractivity contribution in [3.05, 3.63) is 41.5 Å². The number of nitrogens with one attached hydrogen (secondary N) is 1. The molecule has 0 aromatic heterocycles. The third kappa shape index (κ3) is 1.80. The monoisotopic (exact) mass is 262 g/mol. The van der Waals surface area contributed by atoms with Gasteiger partial charge in [-0.1, -0.05) is 24.3 Å². The summed E-state index contributed by atoms with van der Waals surface area (Å²) in [4.78, 5) is 0.202. The summed E-state index contributed by atoms with van der Waals surface area (Å²) in [6.45, 7) is 1.74. The molecule has 5 heteroatoms. The molecule has 4 nitrogen and oxygen atoms in total. The second-order valence-electron chi connectivity index (χ2n) is 4.53. The molecular formula is C13H14N2O2S. The Balaban J connectivity index is 2.38. The molecule has 1 aliphatic rings. The van der Waals surface area contributed by atoms with Crippen LogP contribution in [0.15, 0.2) is 35.2 Å². The van der Waals surface area contributed by atoms with Gasteiger partial charge in [0.15, 0.2) is 0 Å². The van der Waals surface area contributed by atoms with Crippen LogP contribution >= 0.6 is 0 Å². The zero-order valence-corrected chi connectivity index (χ0v) is 10.6. The molecule has 0 saturated heterocycles. The minimum atomic E-state index is -3.68. The van der Waals surface area contributed by atoms with Crippen LogP contribution in [0, 0.1) is 0 Å². The lowest BCUT2D eigenvalue weighted by atomic mass is 9.95. The van der Waals surface area contributed by atoms with Gasteiger partial charge in [-0.15, -0.1) is 0 Å². The summed E-state index contributed by atoms with van der Waals surface area (Å²) in [5.74, 6) is 0. The van der Waals surface area contributed by atoms with E-state index >= 15 is 0 Å². The van der Waals surface area contributed by atoms with Gasteiger partial charge in [-0.3, -0.25) is 0 Å². The van der Waals surface area contributed by atoms with Crippen LogP contribution in [0.3, 0.4) is 0 Å². The van der Waals surface area contributed by atoms with Crippen molar-refractivity contribution in [1.29, 1.82) is 0 Å². The lowest BCUT2D eigenvalue weighted by molar-refractivity contribution is 0.598. The first kappa shape index (κ1) is 11.6. The van der Waals surface area contributed by atoms with Gasteiger partial charge in [-0.2, -0.15) is 0 Å². The first-order chi connectivity index (χ1) is 8.57. The number of hydrogen-bond donors (Lipinski definition) is 2. The van der Waals surface area contributed by atoms with E-state index in [2.05, 4.69) is 5.32 Å². The Morgan fingerprint density at radius 3 is 2.72 bits per heavy atom. The van der Waals surface area contributed by atoms with Gasteiger partial charge >= 0.3 is 0 Å². The molecule has 0 aliphatic carbocycles. The number of nitrogens with two attached hydrogens (primary N) is 1. The van der Waals surface area contributed by atoms with Crippen molar-refractivity contribution in [3.63, 3.8) is 0 Å². The van der Waals surface area contributed by atoms with E-state index < -0.39 is 10.0 Å². The molecule has 3 rings (SSSR count). The van der Waals surface area contributed by atoms with Crippen LogP contribution in [0.25, 0.3) is 10.8 Å². The van der Waals surface area contributed by atoms with Gasteiger partial charge < -0.3 is 5.32 Å². The average Bonchev–Trinajstić information content (AvgIpc) is 2.36. The summed E-state index contributed by atoms with van der Waals surface area (Å²) in [6, 6.07) is 9.12. The van der Waals surface area contributed by atoms with Crippen molar-refractivity contribution in [2.24, 2.45) is 5.14 Å². The fourth-order valence-electron chi connectivity index (χ4n) is 2.56. The van der Waals surface area contributed by atoms with Crippen LogP contribution in [0.5, 0.6) is 0 Å². The highest BCUT2D eigenvalue weighted by Crippen LogP contribution is 2.28. The minimum Gasteiger partial charge on any atom is -0.312 e. The summed E-state index contributed by atoms with van der Waals surface area (Å²) in [5, 5.41) is 10.3. The molecule has 1 heterocycles. The summed E-state index contributed by atoms with van der Waals surface area (Å²) < 4.78 is 23.2. The van der Waals surface area contributed by atoms with Crippen LogP contribution in [0.2, 0.25) is 0 Å². The van der Waals surface area contributed by atoms with Crippen molar-refractivity contribution in [1.82, 2.24) is 5.32 Å². The van der Waals surface area contributed by atoms with E-state index in [1.807, 2.05) is 18.2 Å². The SMILES string of the molecule is NS(=O)(=O)c1cccc2c3c(ccc12)CCNC3. The first-order valence-corrected chi connectivity index (χ1v) is 7.39. The summed E-state index contributed by atoms with van der Waals surface area (Å²) in [5.41, 5.74) is 2.47. The highest BCUT2D eigenvalue weighted by atomic mass is 32.2. The van der Waals surface area contributed by atoms with Crippen molar-refractivity contribution >= 4 is 20.8 Å². The van der Waals surface area contributed by atoms with Gasteiger partial charge in [0.05, 0.1) is 4.90 Å². The Hall–Kier alpha value is -1.43. The molecular weight excluding hydrogens is 248 g/mol. The van der Waals surface area contributed by atoms with Gasteiger partial charge in [-0.05, 0) is 35.5 Å². The molecule has 3 N–H and O–H groups in total. The number of rotatable bonds is 1. The Labute approximate surface area is 106 Å². The third-order valence-corrected chi connectivity index (χ3v) is 4.38. The fourth-order valence-corrected chi connectivity index (χ4v) is 3.32. The molecule has 0 bridgehead atoms. The molecule has 1 aliphatic heterocycles. The van der Waals surface area contributed by atoms with Gasteiger partial charge in [0.1, 0.15) is 0 Å². The van der Waals surface area contributed by atoms with Gasteiger partial charge in [0, 0.05) is 11.9 Å². The van der Waals surface area contributed by atoms with Gasteiger partial charge in [0.25, 0.3) is 0 Å². The maximum atomic E-state index is 11.6. The topological polar surface area (TPSA) is 72.2 Å². The Kier molecular flexibility index (Phi) is 2.62. The Bertz CT molecular complexity index is 723. The van der Waals surface area contributed by atoms with Crippen molar-refractivity contribution < 1.29 is 8.42 Å². The second-order valence-corrected chi connectivity index (χ2v) is 6.06. The standard InChI is InChI=1S/C13H14N2O2S/c14-18(16,17)13-3-1-2-10-11(13)5-4-9-6-7-15-8-12(9)10/h1-5,15H,6-8H2,(H2,14,16,17). The maximum Gasteiger partial charge on any atom is 0.238 e. The zero-order valence-electron chi connectivity index (χ0n) is 9.81. The molecule has 0 atom stereocenters. The van der Waals surface area contributed by atoms with Crippen LogP contribution < -0.4 is 10.5 Å². The van der Waals surface area contributed by atoms with Crippen molar-refractivity contribution in [2.45, 2.75) is 17.9 Å². The van der Waals surface area contributed by atoms with Crippen LogP contribution in [0.4, 0.5) is 0 Å². The molecule has 2 aromatic rings. The largest absolute Gasteiger partial charge is 0.312 e. The van der Waals surface area contributed by atoms with Crippen molar-refractivity contribution in [3.8, 4) is 0 Å². The molecule has 0 unspecified atom stereocenters. The third-order valence-electron chi connectivity index (χ3n) is 3.41. The normalized spacial score (nSPS) is 15.6. The minimum absolute atomic E-state index is 0.202. The van der Waals surface area contributed by atoms with E-state index in [0.29, 0.717) is 5.39 Å². The molecule has 0 spiro atoms. The highest BCUT2D eigenvalue weighted by Gasteiger charge is 2.17. The van der Waals surface area contributed by atoms with Crippen LogP contribution in [0.1, 0.15) is 11.1 Å². The summed E-state index contributed by atoms with van der Waals surface area (Å²) >= 11 is 0. The number of benzene rings is 2. The Morgan fingerprint density at radius 1 is 1.11 bits per heavy atom. The van der Waals surface area contributed by atoms with Gasteiger partial charge in [-0.25, -0.2) is 13.6 Å². The molecule has 2 aromatic carbocycles. The fraction of sp³-hybridized carbons (Fsp3) is 0.231. The number of primary sulfonamides is 1. The van der Waals surface area contributed by atoms with E-state index in [4.69, 9.17) is 5.14 Å². The molecule has 0 amide bonds. The molecule has 18 heavy (non-hydrogen) atoms. The van der Waals surface area contributed by atoms with Crippen molar-refractivity contribution in [2.75, 3.05) is 6.54 Å². The predicted octanol–water partition coefficient (Wildman–Crippen LogP) is 1.13. The van der Waals surface area contributed by atoms with E-state index in [-0.39, 0.29) is 4.90 Å². The molecule has 94 valence electrons. The molecule has 0 fully saturated rings. The number of sulfonamides is 1. The van der Waals surface area contributed by atoms with E-state index in [0.717, 1.165) is 24.9 Å². The van der Waals surface area contributed by atoms with Gasteiger partial charge in [0.2, 0.25) is 10.0 Å². The van der Waals surface area contributed by atoms with E-state index in [9.17, 15) is 8.42 Å². The lowest BCUT2D eigenvalue weighted by Crippen LogP contribution is -2.24. The van der Waals surface area contributed by atoms with Crippen LogP contribution in [-0.4, -0.2) is 15.0 Å².